The summed E-state index contributed by atoms with van der Waals surface area (Å²) in [5, 5.41) is 26.4. The number of hydrogen-bond donors (Lipinski definition) is 6. The van der Waals surface area contributed by atoms with Gasteiger partial charge in [0.25, 0.3) is 0 Å². The molecule has 72 heavy (non-hydrogen) atoms. The van der Waals surface area contributed by atoms with Gasteiger partial charge in [-0.3, -0.25) is 19.6 Å². The fraction of sp³-hybridized carbons (Fsp3) is 0.562. The zero-order valence-electron chi connectivity index (χ0n) is 41.0. The molecule has 2 aromatic heterocycles. The first-order valence-electron chi connectivity index (χ1n) is 24.0. The van der Waals surface area contributed by atoms with Gasteiger partial charge in [-0.05, 0) is 77.1 Å². The minimum atomic E-state index is -0.926. The molecular weight excluding hydrogens is 977 g/mol. The number of aromatic nitrogens is 4. The number of alkyl carbamates (subject to hydrolysis) is 1. The monoisotopic (exact) mass is 1040 g/mol. The van der Waals surface area contributed by atoms with Crippen LogP contribution in [0.25, 0.3) is 0 Å². The van der Waals surface area contributed by atoms with Crippen LogP contribution in [0, 0.1) is 5.82 Å². The summed E-state index contributed by atoms with van der Waals surface area (Å²) >= 11 is 8.32. The molecule has 21 nitrogen and oxygen atoms in total. The van der Waals surface area contributed by atoms with E-state index in [1.54, 1.807) is 56.2 Å². The van der Waals surface area contributed by atoms with Gasteiger partial charge in [-0.15, -0.1) is 5.10 Å². The maximum atomic E-state index is 14.0. The number of halogens is 2. The van der Waals surface area contributed by atoms with Gasteiger partial charge in [0.2, 0.25) is 11.8 Å². The van der Waals surface area contributed by atoms with Gasteiger partial charge in [-0.1, -0.05) is 29.3 Å². The van der Waals surface area contributed by atoms with Gasteiger partial charge in [-0.25, -0.2) is 23.5 Å². The van der Waals surface area contributed by atoms with E-state index in [1.165, 1.54) is 19.2 Å². The van der Waals surface area contributed by atoms with Gasteiger partial charge in [0.15, 0.2) is 0 Å². The summed E-state index contributed by atoms with van der Waals surface area (Å²) in [5.74, 6) is -0.256. The third-order valence-corrected chi connectivity index (χ3v) is 13.4. The Bertz CT molecular complexity index is 2370. The Morgan fingerprint density at radius 3 is 2.51 bits per heavy atom. The molecule has 0 aliphatic carbocycles. The van der Waals surface area contributed by atoms with E-state index in [9.17, 15) is 28.4 Å². The smallest absolute Gasteiger partial charge is 0.408 e. The second-order valence-electron chi connectivity index (χ2n) is 18.2. The first-order chi connectivity index (χ1) is 34.7. The fourth-order valence-electron chi connectivity index (χ4n) is 8.07. The number of aliphatic imine (C=N–C) groups is 1. The van der Waals surface area contributed by atoms with Crippen molar-refractivity contribution >= 4 is 59.1 Å². The number of esters is 1. The average Bonchev–Trinajstić information content (AvgIpc) is 4.07. The molecule has 0 radical (unpaired) electrons. The zero-order valence-corrected chi connectivity index (χ0v) is 42.6. The number of pyridine rings is 1. The minimum Gasteiger partial charge on any atom is -0.466 e. The van der Waals surface area contributed by atoms with E-state index in [0.29, 0.717) is 79.0 Å². The predicted molar refractivity (Wildman–Crippen MR) is 265 cm³/mol. The number of fused-ring (bicyclic) bond motifs is 1. The molecule has 5 atom stereocenters. The standard InChI is InChI=1S/C48H65ClFN11O10S/c1-48(2,3)71-47(66)56-35(9-7-8-16-52-39(62)11-6-5-10-38-42-37(29-72-38)55-46(65)58-42)44(63)53-19-21-68-23-24-69-22-20-61-26-32(59-60-61)27-70-28-36-40(45(64)67-4)41(33-13-12-31(50)25-34(33)49)57-43(54-36)30-14-17-51-18-15-30/h12-15,17-18,25-26,35,37-38,41-42H,5-11,16,19-24,27-29H2,1-4H3,(H,52,62)(H,53,63)(H,54,57)(H,56,66)(H2,55,58,65)/t35-,37-,38-,41?,42-/m0/s1. The number of ether oxygens (including phenoxy) is 5. The first-order valence-corrected chi connectivity index (χ1v) is 25.5. The predicted octanol–water partition coefficient (Wildman–Crippen LogP) is 4.26. The lowest BCUT2D eigenvalue weighted by molar-refractivity contribution is -0.136. The van der Waals surface area contributed by atoms with E-state index in [2.05, 4.69) is 47.2 Å². The topological polar surface area (TPSA) is 260 Å². The van der Waals surface area contributed by atoms with Crippen molar-refractivity contribution in [2.24, 2.45) is 4.99 Å². The van der Waals surface area contributed by atoms with E-state index in [1.807, 2.05) is 11.8 Å². The lowest BCUT2D eigenvalue weighted by Gasteiger charge is -2.28. The number of hydrogen-bond acceptors (Lipinski definition) is 16. The van der Waals surface area contributed by atoms with Crippen LogP contribution in [0.15, 0.2) is 65.2 Å². The molecule has 3 aromatic rings. The molecule has 1 unspecified atom stereocenters. The van der Waals surface area contributed by atoms with Crippen molar-refractivity contribution in [1.82, 2.24) is 51.9 Å². The second kappa shape index (κ2) is 27.8. The molecule has 6 rings (SSSR count). The molecule has 24 heteroatoms. The molecule has 5 amide bonds. The number of benzene rings is 1. The van der Waals surface area contributed by atoms with Gasteiger partial charge >= 0.3 is 18.1 Å². The Kier molecular flexibility index (Phi) is 21.4. The molecule has 0 spiro atoms. The largest absolute Gasteiger partial charge is 0.466 e. The lowest BCUT2D eigenvalue weighted by Crippen LogP contribution is -2.48. The van der Waals surface area contributed by atoms with Crippen molar-refractivity contribution < 1.29 is 52.0 Å². The van der Waals surface area contributed by atoms with E-state index in [-0.39, 0.29) is 80.1 Å². The maximum absolute atomic E-state index is 14.0. The maximum Gasteiger partial charge on any atom is 0.408 e. The van der Waals surface area contributed by atoms with Crippen molar-refractivity contribution in [1.29, 1.82) is 0 Å². The number of unbranched alkanes of at least 4 members (excludes halogenated alkanes) is 2. The molecule has 2 saturated heterocycles. The number of urea groups is 1. The number of rotatable bonds is 28. The SMILES string of the molecule is COC(=O)C1=C(COCc2cn(CCOCCOCCNC(=O)[C@H](CCCCNC(=O)CCCC[C@@H]3SC[C@@H]4NC(=O)N[C@@H]43)NC(=O)OC(C)(C)C)nn2)NC(c2ccncc2)=NC1c1ccc(F)cc1Cl. The summed E-state index contributed by atoms with van der Waals surface area (Å²) in [6, 6.07) is 5.88. The van der Waals surface area contributed by atoms with E-state index < -0.39 is 35.6 Å². The highest BCUT2D eigenvalue weighted by Crippen LogP contribution is 2.37. The number of thioether (sulfide) groups is 1. The Morgan fingerprint density at radius 2 is 1.75 bits per heavy atom. The van der Waals surface area contributed by atoms with Gasteiger partial charge in [-0.2, -0.15) is 11.8 Å². The van der Waals surface area contributed by atoms with Gasteiger partial charge < -0.3 is 55.6 Å². The summed E-state index contributed by atoms with van der Waals surface area (Å²) in [5.41, 5.74) is 1.41. The highest BCUT2D eigenvalue weighted by atomic mass is 35.5. The van der Waals surface area contributed by atoms with Crippen LogP contribution in [-0.2, 0) is 51.2 Å². The number of carbonyl (C=O) groups is 5. The third kappa shape index (κ3) is 17.4. The number of amidine groups is 1. The summed E-state index contributed by atoms with van der Waals surface area (Å²) in [6.07, 6.45) is 8.81. The van der Waals surface area contributed by atoms with Gasteiger partial charge in [0.05, 0.1) is 82.8 Å². The van der Waals surface area contributed by atoms with Crippen molar-refractivity contribution in [3.63, 3.8) is 0 Å². The number of carbonyl (C=O) groups excluding carboxylic acids is 5. The Balaban J connectivity index is 0.851. The first kappa shape index (κ1) is 55.4. The van der Waals surface area contributed by atoms with Crippen LogP contribution in [-0.4, -0.2) is 144 Å². The molecular formula is C48H65ClFN11O10S. The van der Waals surface area contributed by atoms with Crippen LogP contribution < -0.4 is 31.9 Å². The highest BCUT2D eigenvalue weighted by molar-refractivity contribution is 8.00. The summed E-state index contributed by atoms with van der Waals surface area (Å²) < 4.78 is 43.5. The molecule has 0 bridgehead atoms. The van der Waals surface area contributed by atoms with E-state index in [0.717, 1.165) is 31.1 Å². The zero-order chi connectivity index (χ0) is 51.5. The van der Waals surface area contributed by atoms with Crippen LogP contribution in [0.3, 0.4) is 0 Å². The Morgan fingerprint density at radius 1 is 0.958 bits per heavy atom. The van der Waals surface area contributed by atoms with Crippen molar-refractivity contribution in [2.45, 2.75) is 114 Å². The molecule has 0 saturated carbocycles. The molecule has 2 fully saturated rings. The third-order valence-electron chi connectivity index (χ3n) is 11.5. The second-order valence-corrected chi connectivity index (χ2v) is 19.9. The molecule has 1 aromatic carbocycles. The van der Waals surface area contributed by atoms with Gasteiger partial charge in [0.1, 0.15) is 35.0 Å². The Labute approximate surface area is 427 Å². The van der Waals surface area contributed by atoms with E-state index in [4.69, 9.17) is 40.3 Å². The van der Waals surface area contributed by atoms with E-state index >= 15 is 0 Å². The Hall–Kier alpha value is -5.88. The van der Waals surface area contributed by atoms with Gasteiger partial charge in [0, 0.05) is 59.1 Å². The van der Waals surface area contributed by atoms with Crippen molar-refractivity contribution in [3.05, 3.63) is 87.9 Å². The number of methoxy groups -OCH3 is 1. The van der Waals surface area contributed by atoms with Crippen LogP contribution in [0.5, 0.6) is 0 Å². The van der Waals surface area contributed by atoms with Crippen LogP contribution in [0.4, 0.5) is 14.0 Å². The number of nitrogens with one attached hydrogen (secondary N) is 6. The van der Waals surface area contributed by atoms with Crippen molar-refractivity contribution in [3.8, 4) is 0 Å². The average molecular weight is 1040 g/mol. The van der Waals surface area contributed by atoms with Crippen LogP contribution in [0.2, 0.25) is 5.02 Å². The molecule has 392 valence electrons. The lowest BCUT2D eigenvalue weighted by atomic mass is 9.95. The number of nitrogens with zero attached hydrogens (tertiary/aromatic N) is 5. The normalized spacial score (nSPS) is 18.8. The minimum absolute atomic E-state index is 0.0248. The summed E-state index contributed by atoms with van der Waals surface area (Å²) in [6.45, 7) is 7.36. The highest BCUT2D eigenvalue weighted by Gasteiger charge is 2.42. The number of amides is 5. The van der Waals surface area contributed by atoms with Crippen molar-refractivity contribution in [2.75, 3.05) is 59.0 Å². The molecule has 3 aliphatic heterocycles. The quantitative estimate of drug-likeness (QED) is 0.0338. The van der Waals surface area contributed by atoms with Crippen LogP contribution >= 0.6 is 23.4 Å². The molecule has 3 aliphatic rings. The summed E-state index contributed by atoms with van der Waals surface area (Å²) in [4.78, 5) is 71.8. The fourth-order valence-corrected chi connectivity index (χ4v) is 9.88. The molecule has 5 heterocycles. The molecule has 6 N–H and O–H groups in total. The summed E-state index contributed by atoms with van der Waals surface area (Å²) in [7, 11) is 1.26. The van der Waals surface area contributed by atoms with Crippen LogP contribution in [0.1, 0.15) is 88.6 Å².